The van der Waals surface area contributed by atoms with E-state index in [0.29, 0.717) is 0 Å². The van der Waals surface area contributed by atoms with Crippen LogP contribution in [-0.4, -0.2) is 10.1 Å². The Morgan fingerprint density at radius 3 is 1.42 bits per heavy atom. The molecule has 2 nitrogen and oxygen atoms in total. The van der Waals surface area contributed by atoms with Gasteiger partial charge in [0.1, 0.15) is 0 Å². The fraction of sp³-hybridized carbons (Fsp3) is 0. The van der Waals surface area contributed by atoms with Crippen molar-refractivity contribution >= 4 is 0 Å². The Morgan fingerprint density at radius 2 is 0.839 bits per heavy atom. The standard InChI is InChI=1S/C29H21NO/c31-29-20-27(25-15-7-13-23(17-25)21-9-3-1-4-10-21)19-28(30-29)26-16-8-14-24(18-26)22-11-5-2-6-12-22/h1-20H,(H,30,31). The molecule has 0 bridgehead atoms. The fourth-order valence-corrected chi connectivity index (χ4v) is 3.83. The van der Waals surface area contributed by atoms with Crippen LogP contribution in [0.1, 0.15) is 0 Å². The van der Waals surface area contributed by atoms with E-state index in [1.54, 1.807) is 6.07 Å². The molecule has 148 valence electrons. The molecular weight excluding hydrogens is 378 g/mol. The van der Waals surface area contributed by atoms with Crippen LogP contribution in [0.5, 0.6) is 5.88 Å². The Labute approximate surface area is 182 Å². The van der Waals surface area contributed by atoms with Crippen LogP contribution >= 0.6 is 0 Å². The van der Waals surface area contributed by atoms with Gasteiger partial charge in [0.25, 0.3) is 0 Å². The van der Waals surface area contributed by atoms with Crippen LogP contribution < -0.4 is 0 Å². The maximum absolute atomic E-state index is 10.4. The molecule has 0 fully saturated rings. The molecule has 1 N–H and O–H groups in total. The molecule has 0 saturated carbocycles. The van der Waals surface area contributed by atoms with Crippen LogP contribution in [0.25, 0.3) is 44.6 Å². The van der Waals surface area contributed by atoms with Crippen LogP contribution in [0.3, 0.4) is 0 Å². The first-order valence-corrected chi connectivity index (χ1v) is 10.3. The molecule has 0 aliphatic carbocycles. The summed E-state index contributed by atoms with van der Waals surface area (Å²) in [5.41, 5.74) is 8.28. The number of hydrogen-bond donors (Lipinski definition) is 1. The number of rotatable bonds is 4. The van der Waals surface area contributed by atoms with Gasteiger partial charge in [0.05, 0.1) is 5.69 Å². The van der Waals surface area contributed by atoms with Crippen LogP contribution in [0.15, 0.2) is 121 Å². The van der Waals surface area contributed by atoms with Crippen molar-refractivity contribution in [2.45, 2.75) is 0 Å². The molecular formula is C29H21NO. The molecule has 0 spiro atoms. The van der Waals surface area contributed by atoms with E-state index in [1.807, 2.05) is 60.7 Å². The van der Waals surface area contributed by atoms with E-state index < -0.39 is 0 Å². The van der Waals surface area contributed by atoms with E-state index in [9.17, 15) is 5.11 Å². The summed E-state index contributed by atoms with van der Waals surface area (Å²) in [5.74, 6) is 0.0164. The maximum atomic E-state index is 10.4. The number of nitrogens with zero attached hydrogens (tertiary/aromatic N) is 1. The summed E-state index contributed by atoms with van der Waals surface area (Å²) in [4.78, 5) is 4.40. The minimum absolute atomic E-state index is 0.0164. The highest BCUT2D eigenvalue weighted by Crippen LogP contribution is 2.32. The summed E-state index contributed by atoms with van der Waals surface area (Å²) in [5, 5.41) is 10.4. The van der Waals surface area contributed by atoms with Gasteiger partial charge in [-0.3, -0.25) is 0 Å². The maximum Gasteiger partial charge on any atom is 0.211 e. The minimum atomic E-state index is 0.0164. The molecule has 5 rings (SSSR count). The molecule has 5 aromatic rings. The predicted octanol–water partition coefficient (Wildman–Crippen LogP) is 7.46. The lowest BCUT2D eigenvalue weighted by Gasteiger charge is -2.10. The van der Waals surface area contributed by atoms with Gasteiger partial charge in [0.2, 0.25) is 5.88 Å². The lowest BCUT2D eigenvalue weighted by Crippen LogP contribution is -1.88. The minimum Gasteiger partial charge on any atom is -0.493 e. The van der Waals surface area contributed by atoms with E-state index in [0.717, 1.165) is 39.1 Å². The topological polar surface area (TPSA) is 33.1 Å². The Hall–Kier alpha value is -4.17. The first-order valence-electron chi connectivity index (χ1n) is 10.3. The van der Waals surface area contributed by atoms with Crippen LogP contribution in [0.4, 0.5) is 0 Å². The van der Waals surface area contributed by atoms with Crippen molar-refractivity contribution in [2.75, 3.05) is 0 Å². The third-order valence-corrected chi connectivity index (χ3v) is 5.38. The zero-order valence-corrected chi connectivity index (χ0v) is 16.9. The first kappa shape index (κ1) is 18.8. The fourth-order valence-electron chi connectivity index (χ4n) is 3.83. The normalized spacial score (nSPS) is 10.7. The molecule has 0 aliphatic rings. The lowest BCUT2D eigenvalue weighted by atomic mass is 9.97. The van der Waals surface area contributed by atoms with Gasteiger partial charge in [-0.05, 0) is 51.6 Å². The van der Waals surface area contributed by atoms with Crippen molar-refractivity contribution < 1.29 is 5.11 Å². The highest BCUT2D eigenvalue weighted by atomic mass is 16.3. The molecule has 0 unspecified atom stereocenters. The summed E-state index contributed by atoms with van der Waals surface area (Å²) in [6.07, 6.45) is 0. The van der Waals surface area contributed by atoms with Gasteiger partial charge < -0.3 is 5.11 Å². The molecule has 0 atom stereocenters. The van der Waals surface area contributed by atoms with E-state index in [1.165, 1.54) is 5.56 Å². The Balaban J connectivity index is 1.56. The first-order chi connectivity index (χ1) is 15.3. The lowest BCUT2D eigenvalue weighted by molar-refractivity contribution is 0.454. The molecule has 0 saturated heterocycles. The average Bonchev–Trinajstić information content (AvgIpc) is 2.85. The van der Waals surface area contributed by atoms with Gasteiger partial charge in [-0.15, -0.1) is 0 Å². The summed E-state index contributed by atoms with van der Waals surface area (Å²) < 4.78 is 0. The van der Waals surface area contributed by atoms with Crippen LogP contribution in [0, 0.1) is 0 Å². The largest absolute Gasteiger partial charge is 0.493 e. The summed E-state index contributed by atoms with van der Waals surface area (Å²) in [7, 11) is 0. The van der Waals surface area contributed by atoms with Crippen LogP contribution in [0.2, 0.25) is 0 Å². The van der Waals surface area contributed by atoms with Gasteiger partial charge in [0.15, 0.2) is 0 Å². The van der Waals surface area contributed by atoms with Crippen LogP contribution in [-0.2, 0) is 0 Å². The third-order valence-electron chi connectivity index (χ3n) is 5.38. The van der Waals surface area contributed by atoms with E-state index in [4.69, 9.17) is 0 Å². The number of hydrogen-bond acceptors (Lipinski definition) is 2. The zero-order valence-electron chi connectivity index (χ0n) is 16.9. The Bertz CT molecular complexity index is 1230. The summed E-state index contributed by atoms with van der Waals surface area (Å²) in [6, 6.07) is 40.9. The number of aromatic nitrogens is 1. The van der Waals surface area contributed by atoms with Crippen molar-refractivity contribution in [2.24, 2.45) is 0 Å². The van der Waals surface area contributed by atoms with Gasteiger partial charge in [-0.1, -0.05) is 97.1 Å². The SMILES string of the molecule is Oc1cc(-c2cccc(-c3ccccc3)c2)cc(-c2cccc(-c3ccccc3)c2)n1. The summed E-state index contributed by atoms with van der Waals surface area (Å²) in [6.45, 7) is 0. The molecule has 0 aliphatic heterocycles. The Kier molecular flexibility index (Phi) is 5.04. The van der Waals surface area contributed by atoms with Crippen molar-refractivity contribution in [3.63, 3.8) is 0 Å². The molecule has 1 heterocycles. The molecule has 4 aromatic carbocycles. The van der Waals surface area contributed by atoms with Crippen molar-refractivity contribution in [3.05, 3.63) is 121 Å². The average molecular weight is 399 g/mol. The van der Waals surface area contributed by atoms with Crippen molar-refractivity contribution in [3.8, 4) is 50.5 Å². The summed E-state index contributed by atoms with van der Waals surface area (Å²) >= 11 is 0. The highest BCUT2D eigenvalue weighted by Gasteiger charge is 2.09. The molecule has 2 heteroatoms. The second kappa shape index (κ2) is 8.29. The van der Waals surface area contributed by atoms with Gasteiger partial charge >= 0.3 is 0 Å². The van der Waals surface area contributed by atoms with Gasteiger partial charge in [-0.25, -0.2) is 4.98 Å². The van der Waals surface area contributed by atoms with Crippen molar-refractivity contribution in [1.82, 2.24) is 4.98 Å². The molecule has 1 aromatic heterocycles. The predicted molar refractivity (Wildman–Crippen MR) is 128 cm³/mol. The quantitative estimate of drug-likeness (QED) is 0.340. The second-order valence-corrected chi connectivity index (χ2v) is 7.49. The third kappa shape index (κ3) is 4.10. The zero-order chi connectivity index (χ0) is 21.0. The molecule has 0 radical (unpaired) electrons. The number of benzene rings is 4. The monoisotopic (exact) mass is 399 g/mol. The smallest absolute Gasteiger partial charge is 0.211 e. The van der Waals surface area contributed by atoms with Gasteiger partial charge in [-0.2, -0.15) is 0 Å². The van der Waals surface area contributed by atoms with E-state index >= 15 is 0 Å². The number of pyridine rings is 1. The van der Waals surface area contributed by atoms with E-state index in [2.05, 4.69) is 59.6 Å². The number of aromatic hydroxyl groups is 1. The second-order valence-electron chi connectivity index (χ2n) is 7.49. The van der Waals surface area contributed by atoms with E-state index in [-0.39, 0.29) is 5.88 Å². The molecule has 0 amide bonds. The molecule has 31 heavy (non-hydrogen) atoms. The highest BCUT2D eigenvalue weighted by molar-refractivity contribution is 5.78. The Morgan fingerprint density at radius 1 is 0.387 bits per heavy atom. The van der Waals surface area contributed by atoms with Crippen molar-refractivity contribution in [1.29, 1.82) is 0 Å². The van der Waals surface area contributed by atoms with Gasteiger partial charge in [0, 0.05) is 11.6 Å².